The zero-order chi connectivity index (χ0) is 13.9. The maximum absolute atomic E-state index is 3.72. The molecule has 20 heavy (non-hydrogen) atoms. The van der Waals surface area contributed by atoms with Crippen molar-refractivity contribution in [3.63, 3.8) is 0 Å². The predicted molar refractivity (Wildman–Crippen MR) is 91.3 cm³/mol. The van der Waals surface area contributed by atoms with Crippen molar-refractivity contribution < 1.29 is 0 Å². The first-order chi connectivity index (χ1) is 9.77. The van der Waals surface area contributed by atoms with Gasteiger partial charge in [-0.3, -0.25) is 0 Å². The van der Waals surface area contributed by atoms with Crippen LogP contribution in [0.15, 0.2) is 57.5 Å². The normalized spacial score (nSPS) is 22.7. The number of halogens is 2. The van der Waals surface area contributed by atoms with E-state index in [4.69, 9.17) is 0 Å². The van der Waals surface area contributed by atoms with Crippen molar-refractivity contribution in [2.75, 3.05) is 13.1 Å². The number of benzene rings is 2. The van der Waals surface area contributed by atoms with Gasteiger partial charge in [0.1, 0.15) is 0 Å². The van der Waals surface area contributed by atoms with Gasteiger partial charge in [-0.15, -0.1) is 0 Å². The summed E-state index contributed by atoms with van der Waals surface area (Å²) in [6.45, 7) is 2.13. The molecule has 2 atom stereocenters. The SMILES string of the molecule is Brc1ccccc1C1CCNCC1c1ccccc1Br. The highest BCUT2D eigenvalue weighted by molar-refractivity contribution is 9.10. The maximum atomic E-state index is 3.72. The standard InChI is InChI=1S/C17H17Br2N/c18-16-7-3-1-5-13(16)12-9-10-20-11-15(12)14-6-2-4-8-17(14)19/h1-8,12,15,20H,9-11H2. The van der Waals surface area contributed by atoms with E-state index >= 15 is 0 Å². The molecule has 1 heterocycles. The minimum atomic E-state index is 0.512. The minimum Gasteiger partial charge on any atom is -0.316 e. The lowest BCUT2D eigenvalue weighted by Gasteiger charge is -2.34. The molecule has 0 aromatic heterocycles. The summed E-state index contributed by atoms with van der Waals surface area (Å²) >= 11 is 7.43. The van der Waals surface area contributed by atoms with E-state index in [2.05, 4.69) is 85.7 Å². The summed E-state index contributed by atoms with van der Waals surface area (Å²) in [6, 6.07) is 17.2. The smallest absolute Gasteiger partial charge is 0.0210 e. The number of nitrogens with one attached hydrogen (secondary N) is 1. The Morgan fingerprint density at radius 1 is 0.800 bits per heavy atom. The number of rotatable bonds is 2. The second-order valence-electron chi connectivity index (χ2n) is 5.25. The molecule has 0 radical (unpaired) electrons. The summed E-state index contributed by atoms with van der Waals surface area (Å²) in [7, 11) is 0. The Hall–Kier alpha value is -0.640. The average molecular weight is 395 g/mol. The Kier molecular flexibility index (Phi) is 4.59. The van der Waals surface area contributed by atoms with Gasteiger partial charge in [-0.05, 0) is 42.1 Å². The zero-order valence-corrected chi connectivity index (χ0v) is 14.3. The number of hydrogen-bond acceptors (Lipinski definition) is 1. The molecule has 1 aliphatic heterocycles. The Bertz CT molecular complexity index is 544. The van der Waals surface area contributed by atoms with Crippen molar-refractivity contribution >= 4 is 31.9 Å². The number of piperidine rings is 1. The van der Waals surface area contributed by atoms with Crippen LogP contribution < -0.4 is 5.32 Å². The van der Waals surface area contributed by atoms with Gasteiger partial charge in [0.25, 0.3) is 0 Å². The Labute approximate surface area is 137 Å². The van der Waals surface area contributed by atoms with Gasteiger partial charge < -0.3 is 5.32 Å². The van der Waals surface area contributed by atoms with E-state index < -0.39 is 0 Å². The second kappa shape index (κ2) is 6.42. The van der Waals surface area contributed by atoms with Crippen molar-refractivity contribution in [3.05, 3.63) is 68.6 Å². The van der Waals surface area contributed by atoms with E-state index in [9.17, 15) is 0 Å². The van der Waals surface area contributed by atoms with Gasteiger partial charge in [0, 0.05) is 21.4 Å². The molecule has 2 unspecified atom stereocenters. The fraction of sp³-hybridized carbons (Fsp3) is 0.294. The number of hydrogen-bond donors (Lipinski definition) is 1. The molecule has 0 saturated carbocycles. The lowest BCUT2D eigenvalue weighted by molar-refractivity contribution is 0.402. The van der Waals surface area contributed by atoms with Crippen LogP contribution in [0.25, 0.3) is 0 Å². The monoisotopic (exact) mass is 393 g/mol. The van der Waals surface area contributed by atoms with Crippen LogP contribution in [0, 0.1) is 0 Å². The largest absolute Gasteiger partial charge is 0.316 e. The average Bonchev–Trinajstić information content (AvgIpc) is 2.48. The topological polar surface area (TPSA) is 12.0 Å². The molecule has 1 saturated heterocycles. The maximum Gasteiger partial charge on any atom is 0.0210 e. The van der Waals surface area contributed by atoms with Crippen LogP contribution >= 0.6 is 31.9 Å². The van der Waals surface area contributed by atoms with Crippen LogP contribution in [0.4, 0.5) is 0 Å². The summed E-state index contributed by atoms with van der Waals surface area (Å²) in [5, 5.41) is 3.54. The van der Waals surface area contributed by atoms with E-state index in [-0.39, 0.29) is 0 Å². The van der Waals surface area contributed by atoms with Gasteiger partial charge in [0.05, 0.1) is 0 Å². The molecule has 3 rings (SSSR count). The zero-order valence-electron chi connectivity index (χ0n) is 11.2. The van der Waals surface area contributed by atoms with Crippen LogP contribution in [0.3, 0.4) is 0 Å². The Morgan fingerprint density at radius 3 is 1.95 bits per heavy atom. The van der Waals surface area contributed by atoms with Gasteiger partial charge in [-0.25, -0.2) is 0 Å². The molecule has 1 nitrogen and oxygen atoms in total. The van der Waals surface area contributed by atoms with E-state index in [0.717, 1.165) is 13.1 Å². The first kappa shape index (κ1) is 14.3. The molecule has 0 amide bonds. The molecule has 1 fully saturated rings. The highest BCUT2D eigenvalue weighted by atomic mass is 79.9. The fourth-order valence-electron chi connectivity index (χ4n) is 3.11. The molecular formula is C17H17Br2N. The van der Waals surface area contributed by atoms with Crippen molar-refractivity contribution in [1.29, 1.82) is 0 Å². The molecular weight excluding hydrogens is 378 g/mol. The molecule has 1 aliphatic rings. The summed E-state index contributed by atoms with van der Waals surface area (Å²) < 4.78 is 2.44. The van der Waals surface area contributed by atoms with Crippen LogP contribution in [0.2, 0.25) is 0 Å². The molecule has 1 N–H and O–H groups in total. The van der Waals surface area contributed by atoms with Gasteiger partial charge in [-0.2, -0.15) is 0 Å². The third-order valence-electron chi connectivity index (χ3n) is 4.09. The molecule has 2 aromatic rings. The third kappa shape index (κ3) is 2.85. The lowest BCUT2D eigenvalue weighted by atomic mass is 9.77. The summed E-state index contributed by atoms with van der Waals surface area (Å²) in [5.41, 5.74) is 2.83. The molecule has 104 valence electrons. The first-order valence-corrected chi connectivity index (χ1v) is 8.55. The van der Waals surface area contributed by atoms with Gasteiger partial charge >= 0.3 is 0 Å². The Morgan fingerprint density at radius 2 is 1.35 bits per heavy atom. The lowest BCUT2D eigenvalue weighted by Crippen LogP contribution is -2.34. The molecule has 0 spiro atoms. The van der Waals surface area contributed by atoms with E-state index in [1.807, 2.05) is 0 Å². The van der Waals surface area contributed by atoms with Crippen LogP contribution in [-0.4, -0.2) is 13.1 Å². The van der Waals surface area contributed by atoms with E-state index in [0.29, 0.717) is 11.8 Å². The molecule has 0 bridgehead atoms. The van der Waals surface area contributed by atoms with E-state index in [1.165, 1.54) is 26.5 Å². The second-order valence-corrected chi connectivity index (χ2v) is 6.96. The van der Waals surface area contributed by atoms with Gasteiger partial charge in [0.15, 0.2) is 0 Å². The summed E-state index contributed by atoms with van der Waals surface area (Å²) in [6.07, 6.45) is 1.18. The van der Waals surface area contributed by atoms with Crippen molar-refractivity contribution in [1.82, 2.24) is 5.32 Å². The van der Waals surface area contributed by atoms with Crippen LogP contribution in [-0.2, 0) is 0 Å². The molecule has 3 heteroatoms. The van der Waals surface area contributed by atoms with Crippen molar-refractivity contribution in [2.24, 2.45) is 0 Å². The predicted octanol–water partition coefficient (Wildman–Crippen LogP) is 5.07. The summed E-state index contributed by atoms with van der Waals surface area (Å²) in [4.78, 5) is 0. The fourth-order valence-corrected chi connectivity index (χ4v) is 4.27. The van der Waals surface area contributed by atoms with Gasteiger partial charge in [-0.1, -0.05) is 68.3 Å². The van der Waals surface area contributed by atoms with Gasteiger partial charge in [0.2, 0.25) is 0 Å². The van der Waals surface area contributed by atoms with E-state index in [1.54, 1.807) is 0 Å². The third-order valence-corrected chi connectivity index (χ3v) is 5.54. The Balaban J connectivity index is 2.00. The van der Waals surface area contributed by atoms with Crippen molar-refractivity contribution in [2.45, 2.75) is 18.3 Å². The summed E-state index contributed by atoms with van der Waals surface area (Å²) in [5.74, 6) is 1.07. The van der Waals surface area contributed by atoms with Crippen molar-refractivity contribution in [3.8, 4) is 0 Å². The van der Waals surface area contributed by atoms with Crippen LogP contribution in [0.5, 0.6) is 0 Å². The minimum absolute atomic E-state index is 0.512. The highest BCUT2D eigenvalue weighted by Crippen LogP contribution is 2.42. The molecule has 2 aromatic carbocycles. The first-order valence-electron chi connectivity index (χ1n) is 6.97. The quantitative estimate of drug-likeness (QED) is 0.749. The molecule has 0 aliphatic carbocycles. The highest BCUT2D eigenvalue weighted by Gasteiger charge is 2.29. The van der Waals surface area contributed by atoms with Crippen LogP contribution in [0.1, 0.15) is 29.4 Å².